The van der Waals surface area contributed by atoms with Gasteiger partial charge in [-0.15, -0.1) is 3.89 Å². The Morgan fingerprint density at radius 3 is 2.57 bits per heavy atom. The number of benzene rings is 1. The molecule has 78 valence electrons. The Morgan fingerprint density at radius 2 is 2.07 bits per heavy atom. The molecule has 0 spiro atoms. The number of rotatable bonds is 3. The van der Waals surface area contributed by atoms with Gasteiger partial charge in [0, 0.05) is 0 Å². The number of aryl methyl sites for hydroxylation is 1. The van der Waals surface area contributed by atoms with Crippen LogP contribution in [0.1, 0.15) is 18.9 Å². The zero-order valence-electron chi connectivity index (χ0n) is 7.63. The van der Waals surface area contributed by atoms with Gasteiger partial charge in [0.05, 0.1) is 5.02 Å². The quantitative estimate of drug-likeness (QED) is 0.757. The fraction of sp³-hybridized carbons (Fsp3) is 0.333. The minimum atomic E-state index is -4.71. The summed E-state index contributed by atoms with van der Waals surface area (Å²) in [5, 5.41) is -0.0765. The van der Waals surface area contributed by atoms with Crippen LogP contribution in [0.5, 0.6) is 0 Å². The molecule has 0 atom stereocenters. The molecule has 0 saturated heterocycles. The van der Waals surface area contributed by atoms with Gasteiger partial charge in [0.2, 0.25) is 0 Å². The van der Waals surface area contributed by atoms with Gasteiger partial charge in [-0.2, -0.15) is 8.42 Å². The molecular formula is C9H10ClFO2S. The van der Waals surface area contributed by atoms with E-state index < -0.39 is 15.1 Å². The zero-order valence-corrected chi connectivity index (χ0v) is 9.20. The smallest absolute Gasteiger partial charge is 0.189 e. The lowest BCUT2D eigenvalue weighted by atomic mass is 10.1. The maximum absolute atomic E-state index is 12.7. The zero-order chi connectivity index (χ0) is 10.8. The van der Waals surface area contributed by atoms with Gasteiger partial charge in [0.25, 0.3) is 0 Å². The van der Waals surface area contributed by atoms with Crippen molar-refractivity contribution >= 4 is 21.8 Å². The van der Waals surface area contributed by atoms with Crippen LogP contribution in [0.3, 0.4) is 0 Å². The second kappa shape index (κ2) is 4.28. The monoisotopic (exact) mass is 236 g/mol. The van der Waals surface area contributed by atoms with Gasteiger partial charge in [0.1, 0.15) is 4.90 Å². The van der Waals surface area contributed by atoms with Crippen molar-refractivity contribution in [1.82, 2.24) is 0 Å². The Labute approximate surface area is 87.9 Å². The van der Waals surface area contributed by atoms with E-state index in [2.05, 4.69) is 0 Å². The summed E-state index contributed by atoms with van der Waals surface area (Å²) in [4.78, 5) is -0.440. The lowest BCUT2D eigenvalue weighted by molar-refractivity contribution is 0.552. The minimum Gasteiger partial charge on any atom is -0.189 e. The first-order valence-corrected chi connectivity index (χ1v) is 5.94. The molecule has 0 aliphatic rings. The Bertz CT molecular complexity index is 428. The molecule has 14 heavy (non-hydrogen) atoms. The molecule has 0 fully saturated rings. The van der Waals surface area contributed by atoms with E-state index in [0.717, 1.165) is 12.0 Å². The van der Waals surface area contributed by atoms with Crippen LogP contribution in [0.15, 0.2) is 23.1 Å². The number of halogens is 2. The van der Waals surface area contributed by atoms with Crippen molar-refractivity contribution in [1.29, 1.82) is 0 Å². The molecule has 0 bridgehead atoms. The maximum Gasteiger partial charge on any atom is 0.333 e. The molecule has 1 rings (SSSR count). The second-order valence-corrected chi connectivity index (χ2v) is 4.68. The van der Waals surface area contributed by atoms with Crippen LogP contribution in [0, 0.1) is 0 Å². The summed E-state index contributed by atoms with van der Waals surface area (Å²) < 4.78 is 34.0. The molecule has 0 N–H and O–H groups in total. The van der Waals surface area contributed by atoms with Gasteiger partial charge >= 0.3 is 10.2 Å². The van der Waals surface area contributed by atoms with Gasteiger partial charge in [0.15, 0.2) is 0 Å². The van der Waals surface area contributed by atoms with Crippen molar-refractivity contribution in [2.75, 3.05) is 0 Å². The van der Waals surface area contributed by atoms with E-state index in [4.69, 9.17) is 11.6 Å². The lowest BCUT2D eigenvalue weighted by Gasteiger charge is -2.02. The van der Waals surface area contributed by atoms with E-state index in [1.165, 1.54) is 12.1 Å². The van der Waals surface area contributed by atoms with Crippen molar-refractivity contribution in [2.45, 2.75) is 24.7 Å². The Balaban J connectivity index is 3.22. The maximum atomic E-state index is 12.7. The van der Waals surface area contributed by atoms with Crippen LogP contribution >= 0.6 is 11.6 Å². The summed E-state index contributed by atoms with van der Waals surface area (Å²) in [6.07, 6.45) is 1.58. The van der Waals surface area contributed by atoms with Crippen molar-refractivity contribution in [3.63, 3.8) is 0 Å². The molecular weight excluding hydrogens is 227 g/mol. The van der Waals surface area contributed by atoms with Crippen LogP contribution in [0.25, 0.3) is 0 Å². The van der Waals surface area contributed by atoms with Gasteiger partial charge in [-0.05, 0) is 24.1 Å². The summed E-state index contributed by atoms with van der Waals surface area (Å²) in [5.74, 6) is 0. The molecule has 5 heteroatoms. The molecule has 0 saturated carbocycles. The van der Waals surface area contributed by atoms with E-state index >= 15 is 0 Å². The molecule has 0 aliphatic carbocycles. The van der Waals surface area contributed by atoms with E-state index in [0.29, 0.717) is 6.42 Å². The van der Waals surface area contributed by atoms with E-state index in [-0.39, 0.29) is 5.02 Å². The molecule has 0 aliphatic heterocycles. The van der Waals surface area contributed by atoms with Crippen molar-refractivity contribution in [3.8, 4) is 0 Å². The Morgan fingerprint density at radius 1 is 1.43 bits per heavy atom. The summed E-state index contributed by atoms with van der Waals surface area (Å²) >= 11 is 5.56. The Kier molecular flexibility index (Phi) is 3.50. The van der Waals surface area contributed by atoms with Gasteiger partial charge in [-0.1, -0.05) is 31.0 Å². The molecule has 2 nitrogen and oxygen atoms in total. The molecule has 0 unspecified atom stereocenters. The minimum absolute atomic E-state index is 0.0765. The third kappa shape index (κ3) is 2.69. The molecule has 1 aromatic carbocycles. The molecule has 0 aromatic heterocycles. The SMILES string of the molecule is CCCc1ccc(Cl)c(S(=O)(=O)F)c1. The predicted molar refractivity (Wildman–Crippen MR) is 53.7 cm³/mol. The van der Waals surface area contributed by atoms with Crippen LogP contribution < -0.4 is 0 Å². The van der Waals surface area contributed by atoms with Gasteiger partial charge in [-0.25, -0.2) is 0 Å². The van der Waals surface area contributed by atoms with E-state index in [1.54, 1.807) is 6.07 Å². The molecule has 0 radical (unpaired) electrons. The largest absolute Gasteiger partial charge is 0.333 e. The average Bonchev–Trinajstić information content (AvgIpc) is 2.07. The van der Waals surface area contributed by atoms with Crippen molar-refractivity contribution in [3.05, 3.63) is 28.8 Å². The highest BCUT2D eigenvalue weighted by atomic mass is 35.5. The van der Waals surface area contributed by atoms with Crippen LogP contribution in [-0.4, -0.2) is 8.42 Å². The highest BCUT2D eigenvalue weighted by Gasteiger charge is 2.16. The van der Waals surface area contributed by atoms with Crippen molar-refractivity contribution in [2.24, 2.45) is 0 Å². The highest BCUT2D eigenvalue weighted by molar-refractivity contribution is 7.86. The third-order valence-electron chi connectivity index (χ3n) is 1.80. The standard InChI is InChI=1S/C9H10ClFO2S/c1-2-3-7-4-5-8(10)9(6-7)14(11,12)13/h4-6H,2-3H2,1H3. The first-order chi connectivity index (χ1) is 6.45. The number of hydrogen-bond donors (Lipinski definition) is 0. The normalized spacial score (nSPS) is 11.6. The third-order valence-corrected chi connectivity index (χ3v) is 3.10. The summed E-state index contributed by atoms with van der Waals surface area (Å²) in [7, 11) is -4.71. The molecule has 1 aromatic rings. The van der Waals surface area contributed by atoms with Crippen LogP contribution in [-0.2, 0) is 16.6 Å². The predicted octanol–water partition coefficient (Wildman–Crippen LogP) is 2.95. The first-order valence-electron chi connectivity index (χ1n) is 4.18. The number of hydrogen-bond acceptors (Lipinski definition) is 2. The summed E-state index contributed by atoms with van der Waals surface area (Å²) in [5.41, 5.74) is 0.771. The van der Waals surface area contributed by atoms with Crippen LogP contribution in [0.2, 0.25) is 5.02 Å². The molecule has 0 heterocycles. The first kappa shape index (κ1) is 11.5. The van der Waals surface area contributed by atoms with E-state index in [9.17, 15) is 12.3 Å². The van der Waals surface area contributed by atoms with E-state index in [1.807, 2.05) is 6.92 Å². The summed E-state index contributed by atoms with van der Waals surface area (Å²) in [6, 6.07) is 4.38. The highest BCUT2D eigenvalue weighted by Crippen LogP contribution is 2.24. The topological polar surface area (TPSA) is 34.1 Å². The van der Waals surface area contributed by atoms with Crippen molar-refractivity contribution < 1.29 is 12.3 Å². The lowest BCUT2D eigenvalue weighted by Crippen LogP contribution is -1.95. The average molecular weight is 237 g/mol. The Hall–Kier alpha value is -0.610. The fourth-order valence-electron chi connectivity index (χ4n) is 1.18. The van der Waals surface area contributed by atoms with Gasteiger partial charge in [-0.3, -0.25) is 0 Å². The van der Waals surface area contributed by atoms with Crippen LogP contribution in [0.4, 0.5) is 3.89 Å². The molecule has 0 amide bonds. The summed E-state index contributed by atoms with van der Waals surface area (Å²) in [6.45, 7) is 1.96. The second-order valence-electron chi connectivity index (χ2n) is 2.95. The fourth-order valence-corrected chi connectivity index (χ4v) is 2.17. The van der Waals surface area contributed by atoms with Gasteiger partial charge < -0.3 is 0 Å².